The summed E-state index contributed by atoms with van der Waals surface area (Å²) in [6.45, 7) is 2.17. The maximum atomic E-state index is 5.62. The van der Waals surface area contributed by atoms with Crippen LogP contribution < -0.4 is 9.34 Å². The lowest BCUT2D eigenvalue weighted by atomic mass is 9.92. The smallest absolute Gasteiger partial charge is 0.0964 e. The highest BCUT2D eigenvalue weighted by molar-refractivity contribution is 7.80. The van der Waals surface area contributed by atoms with Crippen LogP contribution in [0.15, 0.2) is 121 Å². The van der Waals surface area contributed by atoms with Gasteiger partial charge in [-0.1, -0.05) is 116 Å². The molecule has 182 valence electrons. The summed E-state index contributed by atoms with van der Waals surface area (Å²) in [4.78, 5) is 1.18. The fraction of sp³-hybridized carbons (Fsp3) is 0.219. The minimum atomic E-state index is -0.679. The SMILES string of the molecule is CCC(=S)CCCP1N(c2ccccc2)[C@H](c2ccccc2)[C@@H](c2ccccc2)N1c1ccccc1. The zero-order chi connectivity index (χ0) is 24.7. The number of nitrogens with zero attached hydrogens (tertiary/aromatic N) is 2. The molecule has 0 radical (unpaired) electrons. The fourth-order valence-electron chi connectivity index (χ4n) is 5.17. The van der Waals surface area contributed by atoms with E-state index in [1.54, 1.807) is 0 Å². The van der Waals surface area contributed by atoms with Crippen molar-refractivity contribution in [3.63, 3.8) is 0 Å². The second-order valence-corrected chi connectivity index (χ2v) is 11.8. The fourth-order valence-corrected chi connectivity index (χ4v) is 8.28. The highest BCUT2D eigenvalue weighted by atomic mass is 32.1. The molecule has 0 aromatic heterocycles. The Hall–Kier alpha value is -3.00. The molecule has 0 spiro atoms. The maximum absolute atomic E-state index is 5.62. The third-order valence-corrected chi connectivity index (χ3v) is 10.0. The van der Waals surface area contributed by atoms with Gasteiger partial charge in [-0.15, -0.1) is 0 Å². The third kappa shape index (κ3) is 5.24. The van der Waals surface area contributed by atoms with Gasteiger partial charge in [-0.05, 0) is 59.5 Å². The molecular weight excluding hydrogens is 475 g/mol. The van der Waals surface area contributed by atoms with Crippen molar-refractivity contribution in [2.45, 2.75) is 38.3 Å². The molecule has 1 heterocycles. The van der Waals surface area contributed by atoms with Crippen molar-refractivity contribution in [1.29, 1.82) is 0 Å². The quantitative estimate of drug-likeness (QED) is 0.164. The Bertz CT molecular complexity index is 1150. The van der Waals surface area contributed by atoms with Gasteiger partial charge in [-0.2, -0.15) is 0 Å². The van der Waals surface area contributed by atoms with Crippen LogP contribution in [-0.4, -0.2) is 11.0 Å². The van der Waals surface area contributed by atoms with Gasteiger partial charge in [0.05, 0.1) is 20.3 Å². The lowest BCUT2D eigenvalue weighted by Gasteiger charge is -2.34. The average molecular weight is 509 g/mol. The molecule has 36 heavy (non-hydrogen) atoms. The van der Waals surface area contributed by atoms with E-state index >= 15 is 0 Å². The van der Waals surface area contributed by atoms with Crippen LogP contribution in [0, 0.1) is 0 Å². The Kier molecular flexibility index (Phi) is 8.11. The van der Waals surface area contributed by atoms with Crippen molar-refractivity contribution in [2.24, 2.45) is 0 Å². The van der Waals surface area contributed by atoms with Gasteiger partial charge in [0.2, 0.25) is 0 Å². The molecule has 2 atom stereocenters. The van der Waals surface area contributed by atoms with Gasteiger partial charge in [-0.3, -0.25) is 0 Å². The van der Waals surface area contributed by atoms with Crippen LogP contribution in [0.3, 0.4) is 0 Å². The van der Waals surface area contributed by atoms with E-state index in [-0.39, 0.29) is 12.1 Å². The summed E-state index contributed by atoms with van der Waals surface area (Å²) in [5.41, 5.74) is 5.28. The normalized spacial score (nSPS) is 17.9. The van der Waals surface area contributed by atoms with E-state index in [0.717, 1.165) is 25.4 Å². The van der Waals surface area contributed by atoms with Crippen LogP contribution in [0.25, 0.3) is 0 Å². The van der Waals surface area contributed by atoms with Crippen LogP contribution in [0.4, 0.5) is 11.4 Å². The second-order valence-electron chi connectivity index (χ2n) is 9.16. The molecule has 1 aliphatic heterocycles. The van der Waals surface area contributed by atoms with Gasteiger partial charge in [0.1, 0.15) is 0 Å². The molecule has 1 saturated heterocycles. The van der Waals surface area contributed by atoms with E-state index in [9.17, 15) is 0 Å². The Labute approximate surface area is 222 Å². The summed E-state index contributed by atoms with van der Waals surface area (Å²) in [7, 11) is -0.679. The summed E-state index contributed by atoms with van der Waals surface area (Å²) in [5.74, 6) is 0. The molecule has 0 aliphatic carbocycles. The molecule has 1 fully saturated rings. The largest absolute Gasteiger partial charge is 0.324 e. The van der Waals surface area contributed by atoms with E-state index in [1.165, 1.54) is 27.4 Å². The summed E-state index contributed by atoms with van der Waals surface area (Å²) < 4.78 is 5.45. The van der Waals surface area contributed by atoms with E-state index < -0.39 is 8.22 Å². The second kappa shape index (κ2) is 11.8. The first-order chi connectivity index (χ1) is 17.8. The number of thiocarbonyl (C=S) groups is 1. The molecule has 0 saturated carbocycles. The number of hydrogen-bond donors (Lipinski definition) is 0. The van der Waals surface area contributed by atoms with Crippen LogP contribution in [0.1, 0.15) is 49.4 Å². The summed E-state index contributed by atoms with van der Waals surface area (Å²) >= 11 is 5.62. The maximum Gasteiger partial charge on any atom is 0.0964 e. The standard InChI is InChI=1S/C32H33N2PS/c1-2-30(36)24-15-25-35-33(28-20-11-5-12-21-28)31(26-16-7-3-8-17-26)32(27-18-9-4-10-19-27)34(35)29-22-13-6-14-23-29/h3-14,16-23,31-32H,2,15,24-25H2,1H3/t31-,32-/m1/s1. The summed E-state index contributed by atoms with van der Waals surface area (Å²) in [6, 6.07) is 44.5. The Morgan fingerprint density at radius 1 is 0.639 bits per heavy atom. The number of para-hydroxylation sites is 2. The van der Waals surface area contributed by atoms with Crippen LogP contribution in [0.2, 0.25) is 0 Å². The van der Waals surface area contributed by atoms with Crippen molar-refractivity contribution >= 4 is 36.7 Å². The van der Waals surface area contributed by atoms with Crippen LogP contribution in [-0.2, 0) is 0 Å². The number of rotatable bonds is 9. The van der Waals surface area contributed by atoms with Crippen molar-refractivity contribution in [2.75, 3.05) is 15.5 Å². The van der Waals surface area contributed by atoms with Crippen molar-refractivity contribution in [3.05, 3.63) is 132 Å². The average Bonchev–Trinajstić information content (AvgIpc) is 3.29. The van der Waals surface area contributed by atoms with Crippen LogP contribution in [0.5, 0.6) is 0 Å². The topological polar surface area (TPSA) is 6.48 Å². The Morgan fingerprint density at radius 2 is 1.03 bits per heavy atom. The molecular formula is C32H33N2PS. The van der Waals surface area contributed by atoms with Crippen molar-refractivity contribution in [1.82, 2.24) is 0 Å². The minimum absolute atomic E-state index is 0.195. The molecule has 4 heteroatoms. The predicted octanol–water partition coefficient (Wildman–Crippen LogP) is 9.37. The Morgan fingerprint density at radius 3 is 1.42 bits per heavy atom. The van der Waals surface area contributed by atoms with Crippen LogP contribution >= 0.6 is 20.4 Å². The third-order valence-electron chi connectivity index (χ3n) is 6.86. The van der Waals surface area contributed by atoms with Gasteiger partial charge < -0.3 is 9.34 Å². The zero-order valence-electron chi connectivity index (χ0n) is 20.8. The first-order valence-electron chi connectivity index (χ1n) is 12.9. The molecule has 0 unspecified atom stereocenters. The molecule has 1 aliphatic rings. The van der Waals surface area contributed by atoms with Gasteiger partial charge in [0.25, 0.3) is 0 Å². The molecule has 0 N–H and O–H groups in total. The van der Waals surface area contributed by atoms with Gasteiger partial charge in [-0.25, -0.2) is 0 Å². The van der Waals surface area contributed by atoms with Crippen molar-refractivity contribution < 1.29 is 0 Å². The molecule has 4 aromatic carbocycles. The number of benzene rings is 4. The van der Waals surface area contributed by atoms with E-state index in [1.807, 2.05) is 0 Å². The molecule has 5 rings (SSSR count). The monoisotopic (exact) mass is 508 g/mol. The first-order valence-corrected chi connectivity index (χ1v) is 14.7. The predicted molar refractivity (Wildman–Crippen MR) is 160 cm³/mol. The Balaban J connectivity index is 1.69. The molecule has 0 bridgehead atoms. The lowest BCUT2D eigenvalue weighted by molar-refractivity contribution is 0.618. The number of anilines is 2. The first kappa shape index (κ1) is 24.7. The van der Waals surface area contributed by atoms with E-state index in [2.05, 4.69) is 138 Å². The zero-order valence-corrected chi connectivity index (χ0v) is 22.5. The highest BCUT2D eigenvalue weighted by Gasteiger charge is 2.48. The number of hydrogen-bond acceptors (Lipinski definition) is 3. The van der Waals surface area contributed by atoms with E-state index in [4.69, 9.17) is 12.2 Å². The minimum Gasteiger partial charge on any atom is -0.324 e. The highest BCUT2D eigenvalue weighted by Crippen LogP contribution is 2.66. The van der Waals surface area contributed by atoms with Gasteiger partial charge in [0.15, 0.2) is 0 Å². The summed E-state index contributed by atoms with van der Waals surface area (Å²) in [6.07, 6.45) is 4.21. The van der Waals surface area contributed by atoms with Gasteiger partial charge >= 0.3 is 0 Å². The van der Waals surface area contributed by atoms with Gasteiger partial charge in [0, 0.05) is 17.5 Å². The molecule has 4 aromatic rings. The van der Waals surface area contributed by atoms with E-state index in [0.29, 0.717) is 0 Å². The molecule has 0 amide bonds. The molecule has 2 nitrogen and oxygen atoms in total. The summed E-state index contributed by atoms with van der Waals surface area (Å²) in [5, 5.41) is 0. The lowest BCUT2D eigenvalue weighted by Crippen LogP contribution is -2.23. The van der Waals surface area contributed by atoms with Crippen molar-refractivity contribution in [3.8, 4) is 0 Å².